The molecule has 75 heavy (non-hydrogen) atoms. The van der Waals surface area contributed by atoms with Crippen molar-refractivity contribution in [1.82, 2.24) is 10.2 Å². The highest BCUT2D eigenvalue weighted by Gasteiger charge is 2.22. The van der Waals surface area contributed by atoms with Crippen molar-refractivity contribution in [3.05, 3.63) is 0 Å². The highest BCUT2D eigenvalue weighted by atomic mass is 16.6. The Morgan fingerprint density at radius 2 is 0.720 bits per heavy atom. The van der Waals surface area contributed by atoms with Crippen LogP contribution in [0.4, 0.5) is 4.79 Å². The third-order valence-electron chi connectivity index (χ3n) is 13.8. The summed E-state index contributed by atoms with van der Waals surface area (Å²) in [6.07, 6.45) is 36.4. The molecule has 0 aliphatic carbocycles. The Kier molecular flexibility index (Phi) is 52.8. The Hall–Kier alpha value is -3.42. The predicted octanol–water partition coefficient (Wildman–Crippen LogP) is 15.4. The fourth-order valence-electron chi connectivity index (χ4n) is 8.75. The van der Waals surface area contributed by atoms with Crippen LogP contribution in [0.5, 0.6) is 0 Å². The van der Waals surface area contributed by atoms with Crippen LogP contribution in [0.15, 0.2) is 0 Å². The van der Waals surface area contributed by atoms with E-state index in [0.29, 0.717) is 58.4 Å². The van der Waals surface area contributed by atoms with Crippen LogP contribution in [0.3, 0.4) is 0 Å². The number of carbonyl (C=O) groups is 6. The molecule has 1 N–H and O–H groups in total. The zero-order valence-electron chi connectivity index (χ0n) is 48.9. The van der Waals surface area contributed by atoms with E-state index >= 15 is 0 Å². The van der Waals surface area contributed by atoms with Gasteiger partial charge in [0.05, 0.1) is 13.2 Å². The minimum absolute atomic E-state index is 0. The summed E-state index contributed by atoms with van der Waals surface area (Å²) in [7, 11) is 1.98. The number of rotatable bonds is 56. The summed E-state index contributed by atoms with van der Waals surface area (Å²) in [6.45, 7) is 11.2. The van der Waals surface area contributed by atoms with Gasteiger partial charge in [0, 0.05) is 46.6 Å². The van der Waals surface area contributed by atoms with Gasteiger partial charge in [-0.2, -0.15) is 0 Å². The summed E-state index contributed by atoms with van der Waals surface area (Å²) in [6, 6.07) is 0. The molecule has 0 aromatic heterocycles. The summed E-state index contributed by atoms with van der Waals surface area (Å²) in [5, 5.41) is 2.82. The van der Waals surface area contributed by atoms with Gasteiger partial charge in [-0.25, -0.2) is 4.79 Å². The Morgan fingerprint density at radius 1 is 0.373 bits per heavy atom. The molecule has 0 fully saturated rings. The second kappa shape index (κ2) is 55.3. The van der Waals surface area contributed by atoms with E-state index in [1.54, 1.807) is 0 Å². The molecule has 442 valence electrons. The molecule has 14 nitrogen and oxygen atoms in total. The summed E-state index contributed by atoms with van der Waals surface area (Å²) < 4.78 is 33.5. The van der Waals surface area contributed by atoms with Crippen LogP contribution in [-0.2, 0) is 52.4 Å². The van der Waals surface area contributed by atoms with E-state index in [1.165, 1.54) is 96.3 Å². The average molecular weight is 1070 g/mol. The number of carbonyl (C=O) groups excluding carboxylic acids is 6. The van der Waals surface area contributed by atoms with Crippen molar-refractivity contribution < 1.29 is 58.6 Å². The highest BCUT2D eigenvalue weighted by molar-refractivity contribution is 5.72. The maximum atomic E-state index is 13.3. The van der Waals surface area contributed by atoms with Crippen molar-refractivity contribution in [1.29, 1.82) is 0 Å². The second-order valence-corrected chi connectivity index (χ2v) is 21.1. The standard InChI is InChI=1S/C61H114N2O12.H2/c1-6-10-13-16-19-21-23-32-39-50-70-56(64)42-35-28-25-30-37-44-58(66)72-52-55(74-60(68)47-46-54(41-34-27-18-15-12-8-3)75-61(69)62-48-49-63(5)9-4)53-73-59(67)45-38-31-26-29-36-43-57(65)71-51-40-33-24-22-20-17-14-11-7-2;/h54-55H,6-53H2,1-5H3,(H,62,69);1H. The first-order valence-corrected chi connectivity index (χ1v) is 31.0. The molecular formula is C61H116N2O12. The van der Waals surface area contributed by atoms with Gasteiger partial charge in [0.1, 0.15) is 19.3 Å². The minimum atomic E-state index is -0.998. The van der Waals surface area contributed by atoms with Gasteiger partial charge in [0.25, 0.3) is 0 Å². The van der Waals surface area contributed by atoms with E-state index in [0.717, 1.165) is 116 Å². The first-order chi connectivity index (χ1) is 36.5. The summed E-state index contributed by atoms with van der Waals surface area (Å²) in [4.78, 5) is 78.1. The summed E-state index contributed by atoms with van der Waals surface area (Å²) >= 11 is 0. The van der Waals surface area contributed by atoms with E-state index in [-0.39, 0.29) is 52.3 Å². The monoisotopic (exact) mass is 1070 g/mol. The third-order valence-corrected chi connectivity index (χ3v) is 13.8. The Balaban J connectivity index is 0. The van der Waals surface area contributed by atoms with E-state index in [1.807, 2.05) is 14.0 Å². The van der Waals surface area contributed by atoms with E-state index in [9.17, 15) is 28.8 Å². The van der Waals surface area contributed by atoms with Crippen molar-refractivity contribution in [2.24, 2.45) is 0 Å². The number of ether oxygens (including phenoxy) is 6. The number of esters is 5. The number of likely N-dealkylation sites (N-methyl/N-ethyl adjacent to an activating group) is 1. The molecule has 0 aliphatic heterocycles. The summed E-state index contributed by atoms with van der Waals surface area (Å²) in [5.41, 5.74) is 0. The molecule has 1 atom stereocenters. The van der Waals surface area contributed by atoms with Gasteiger partial charge in [0.15, 0.2) is 6.10 Å². The van der Waals surface area contributed by atoms with Crippen molar-refractivity contribution in [2.45, 2.75) is 303 Å². The largest absolute Gasteiger partial charge is 0.466 e. The van der Waals surface area contributed by atoms with Crippen molar-refractivity contribution in [3.8, 4) is 0 Å². The lowest BCUT2D eigenvalue weighted by molar-refractivity contribution is -0.167. The fraction of sp³-hybridized carbons (Fsp3) is 0.902. The maximum absolute atomic E-state index is 13.3. The van der Waals surface area contributed by atoms with Gasteiger partial charge in [-0.3, -0.25) is 24.0 Å². The zero-order valence-corrected chi connectivity index (χ0v) is 48.9. The molecular weight excluding hydrogens is 953 g/mol. The molecule has 1 unspecified atom stereocenters. The van der Waals surface area contributed by atoms with Crippen LogP contribution in [0.25, 0.3) is 0 Å². The Bertz CT molecular complexity index is 1310. The minimum Gasteiger partial charge on any atom is -0.466 e. The van der Waals surface area contributed by atoms with Gasteiger partial charge in [0.2, 0.25) is 0 Å². The average Bonchev–Trinajstić information content (AvgIpc) is 3.39. The number of unbranched alkanes of at least 4 members (excludes halogenated alkanes) is 29. The Labute approximate surface area is 459 Å². The first-order valence-electron chi connectivity index (χ1n) is 31.0. The molecule has 1 amide bonds. The number of hydrogen-bond donors (Lipinski definition) is 1. The second-order valence-electron chi connectivity index (χ2n) is 21.1. The number of hydrogen-bond acceptors (Lipinski definition) is 13. The maximum Gasteiger partial charge on any atom is 0.407 e. The molecule has 0 heterocycles. The highest BCUT2D eigenvalue weighted by Crippen LogP contribution is 2.17. The first kappa shape index (κ1) is 71.6. The lowest BCUT2D eigenvalue weighted by Gasteiger charge is -2.21. The van der Waals surface area contributed by atoms with Crippen LogP contribution in [0.2, 0.25) is 0 Å². The number of amides is 1. The molecule has 0 rings (SSSR count). The number of alkyl carbamates (subject to hydrolysis) is 1. The smallest absolute Gasteiger partial charge is 0.407 e. The van der Waals surface area contributed by atoms with E-state index in [2.05, 4.69) is 31.0 Å². The van der Waals surface area contributed by atoms with Crippen LogP contribution in [-0.4, -0.2) is 106 Å². The van der Waals surface area contributed by atoms with Crippen molar-refractivity contribution in [2.75, 3.05) is 53.1 Å². The zero-order chi connectivity index (χ0) is 55.1. The molecule has 14 heteroatoms. The van der Waals surface area contributed by atoms with Crippen LogP contribution < -0.4 is 5.32 Å². The SMILES string of the molecule is CCCCCCCCCCCOC(=O)CCCCCCCC(=O)OCC(COC(=O)CCCCCCCC(=O)OCCCCCCCCCCC)OC(=O)CCC(CCCCCCCC)OC(=O)NCCN(C)CC.[HH]. The van der Waals surface area contributed by atoms with Gasteiger partial charge >= 0.3 is 35.9 Å². The molecule has 0 spiro atoms. The quantitative estimate of drug-likeness (QED) is 0.0347. The molecule has 0 aromatic rings. The molecule has 0 bridgehead atoms. The van der Waals surface area contributed by atoms with Gasteiger partial charge < -0.3 is 38.6 Å². The Morgan fingerprint density at radius 3 is 1.11 bits per heavy atom. The van der Waals surface area contributed by atoms with Gasteiger partial charge in [-0.05, 0) is 71.4 Å². The number of nitrogens with one attached hydrogen (secondary N) is 1. The molecule has 0 radical (unpaired) electrons. The van der Waals surface area contributed by atoms with E-state index in [4.69, 9.17) is 28.4 Å². The lowest BCUT2D eigenvalue weighted by Crippen LogP contribution is -2.35. The molecule has 0 saturated carbocycles. The third kappa shape index (κ3) is 52.4. The van der Waals surface area contributed by atoms with Gasteiger partial charge in [-0.1, -0.05) is 201 Å². The number of nitrogens with zero attached hydrogens (tertiary/aromatic N) is 1. The van der Waals surface area contributed by atoms with Crippen LogP contribution >= 0.6 is 0 Å². The van der Waals surface area contributed by atoms with Gasteiger partial charge in [-0.15, -0.1) is 0 Å². The molecule has 0 aromatic carbocycles. The van der Waals surface area contributed by atoms with Crippen molar-refractivity contribution >= 4 is 35.9 Å². The van der Waals surface area contributed by atoms with Crippen LogP contribution in [0.1, 0.15) is 292 Å². The van der Waals surface area contributed by atoms with Crippen molar-refractivity contribution in [3.63, 3.8) is 0 Å². The molecule has 0 aliphatic rings. The lowest BCUT2D eigenvalue weighted by atomic mass is 10.0. The predicted molar refractivity (Wildman–Crippen MR) is 304 cm³/mol. The normalized spacial score (nSPS) is 11.7. The molecule has 0 saturated heterocycles. The fourth-order valence-corrected chi connectivity index (χ4v) is 8.75. The van der Waals surface area contributed by atoms with E-state index < -0.39 is 36.2 Å². The topological polar surface area (TPSA) is 173 Å². The summed E-state index contributed by atoms with van der Waals surface area (Å²) in [5.74, 6) is -1.71. The van der Waals surface area contributed by atoms with Crippen LogP contribution in [0, 0.1) is 0 Å².